The second kappa shape index (κ2) is 7.47. The highest BCUT2D eigenvalue weighted by molar-refractivity contribution is 5.38. The third-order valence-electron chi connectivity index (χ3n) is 4.48. The number of hydrogen-bond acceptors (Lipinski definition) is 4. The van der Waals surface area contributed by atoms with Gasteiger partial charge in [-0.2, -0.15) is 0 Å². The van der Waals surface area contributed by atoms with Crippen LogP contribution in [0.15, 0.2) is 42.7 Å². The first-order chi connectivity index (χ1) is 11.3. The number of piperidine rings is 1. The molecular formula is C19H24N2O2. The molecule has 0 bridgehead atoms. The van der Waals surface area contributed by atoms with E-state index in [9.17, 15) is 0 Å². The number of benzene rings is 1. The lowest BCUT2D eigenvalue weighted by Gasteiger charge is -2.36. The van der Waals surface area contributed by atoms with Gasteiger partial charge in [0.1, 0.15) is 11.5 Å². The van der Waals surface area contributed by atoms with Crippen molar-refractivity contribution in [1.82, 2.24) is 9.88 Å². The van der Waals surface area contributed by atoms with E-state index in [1.165, 1.54) is 30.4 Å². The fraction of sp³-hybridized carbons (Fsp3) is 0.421. The maximum absolute atomic E-state index is 5.39. The second-order valence-electron chi connectivity index (χ2n) is 5.99. The molecule has 1 saturated heterocycles. The number of nitrogens with zero attached hydrogens (tertiary/aromatic N) is 2. The molecule has 0 radical (unpaired) electrons. The lowest BCUT2D eigenvalue weighted by atomic mass is 9.95. The van der Waals surface area contributed by atoms with Gasteiger partial charge >= 0.3 is 0 Å². The van der Waals surface area contributed by atoms with E-state index in [0.717, 1.165) is 24.6 Å². The Morgan fingerprint density at radius 2 is 1.91 bits per heavy atom. The van der Waals surface area contributed by atoms with E-state index in [2.05, 4.69) is 28.1 Å². The molecule has 4 heteroatoms. The molecule has 2 aromatic rings. The van der Waals surface area contributed by atoms with Gasteiger partial charge in [-0.3, -0.25) is 9.88 Å². The minimum absolute atomic E-state index is 0.439. The maximum Gasteiger partial charge on any atom is 0.122 e. The first-order valence-electron chi connectivity index (χ1n) is 8.16. The SMILES string of the molecule is COc1cc(CN2CCCCC2c2cccnc2)cc(OC)c1. The Morgan fingerprint density at radius 1 is 1.13 bits per heavy atom. The Bertz CT molecular complexity index is 608. The molecule has 1 aliphatic rings. The topological polar surface area (TPSA) is 34.6 Å². The average molecular weight is 312 g/mol. The number of methoxy groups -OCH3 is 2. The van der Waals surface area contributed by atoms with Crippen LogP contribution in [0.2, 0.25) is 0 Å². The molecule has 23 heavy (non-hydrogen) atoms. The zero-order valence-electron chi connectivity index (χ0n) is 13.9. The zero-order chi connectivity index (χ0) is 16.1. The average Bonchev–Trinajstić information content (AvgIpc) is 2.62. The lowest BCUT2D eigenvalue weighted by Crippen LogP contribution is -2.33. The molecule has 2 heterocycles. The van der Waals surface area contributed by atoms with Gasteiger partial charge in [-0.1, -0.05) is 12.5 Å². The van der Waals surface area contributed by atoms with E-state index >= 15 is 0 Å². The normalized spacial score (nSPS) is 18.6. The number of rotatable bonds is 5. The molecule has 1 atom stereocenters. The van der Waals surface area contributed by atoms with Crippen LogP contribution in [0.3, 0.4) is 0 Å². The Labute approximate surface area is 138 Å². The van der Waals surface area contributed by atoms with Crippen LogP contribution in [0.1, 0.15) is 36.4 Å². The molecule has 3 rings (SSSR count). The molecule has 1 fully saturated rings. The second-order valence-corrected chi connectivity index (χ2v) is 5.99. The minimum atomic E-state index is 0.439. The lowest BCUT2D eigenvalue weighted by molar-refractivity contribution is 0.140. The summed E-state index contributed by atoms with van der Waals surface area (Å²) in [4.78, 5) is 6.83. The van der Waals surface area contributed by atoms with Gasteiger partial charge in [0.15, 0.2) is 0 Å². The highest BCUT2D eigenvalue weighted by Crippen LogP contribution is 2.33. The van der Waals surface area contributed by atoms with Crippen molar-refractivity contribution in [2.45, 2.75) is 31.8 Å². The number of pyridine rings is 1. The monoisotopic (exact) mass is 312 g/mol. The number of ether oxygens (including phenoxy) is 2. The van der Waals surface area contributed by atoms with Crippen molar-refractivity contribution in [3.63, 3.8) is 0 Å². The predicted octanol–water partition coefficient (Wildman–Crippen LogP) is 3.83. The van der Waals surface area contributed by atoms with Gasteiger partial charge in [-0.25, -0.2) is 0 Å². The Morgan fingerprint density at radius 3 is 2.57 bits per heavy atom. The van der Waals surface area contributed by atoms with Gasteiger partial charge in [-0.15, -0.1) is 0 Å². The summed E-state index contributed by atoms with van der Waals surface area (Å²) >= 11 is 0. The third-order valence-corrected chi connectivity index (χ3v) is 4.48. The standard InChI is InChI=1S/C19H24N2O2/c1-22-17-10-15(11-18(12-17)23-2)14-21-9-4-3-7-19(21)16-6-5-8-20-13-16/h5-6,8,10-13,19H,3-4,7,9,14H2,1-2H3. The smallest absolute Gasteiger partial charge is 0.122 e. The fourth-order valence-electron chi connectivity index (χ4n) is 3.32. The summed E-state index contributed by atoms with van der Waals surface area (Å²) in [5.74, 6) is 1.68. The van der Waals surface area contributed by atoms with Crippen molar-refractivity contribution < 1.29 is 9.47 Å². The number of aromatic nitrogens is 1. The van der Waals surface area contributed by atoms with E-state index in [1.54, 1.807) is 14.2 Å². The molecule has 1 unspecified atom stereocenters. The maximum atomic E-state index is 5.39. The van der Waals surface area contributed by atoms with Crippen LogP contribution < -0.4 is 9.47 Å². The van der Waals surface area contributed by atoms with Gasteiger partial charge in [-0.05, 0) is 48.7 Å². The van der Waals surface area contributed by atoms with Crippen LogP contribution in [-0.4, -0.2) is 30.6 Å². The van der Waals surface area contributed by atoms with E-state index in [0.29, 0.717) is 6.04 Å². The number of hydrogen-bond donors (Lipinski definition) is 0. The van der Waals surface area contributed by atoms with Gasteiger partial charge in [0.2, 0.25) is 0 Å². The molecule has 0 amide bonds. The summed E-state index contributed by atoms with van der Waals surface area (Å²) in [6, 6.07) is 10.8. The summed E-state index contributed by atoms with van der Waals surface area (Å²) in [5.41, 5.74) is 2.53. The molecule has 1 aromatic heterocycles. The van der Waals surface area contributed by atoms with Crippen molar-refractivity contribution in [3.05, 3.63) is 53.9 Å². The molecule has 0 spiro atoms. The Balaban J connectivity index is 1.82. The summed E-state index contributed by atoms with van der Waals surface area (Å²) in [7, 11) is 3.38. The van der Waals surface area contributed by atoms with Crippen molar-refractivity contribution in [2.24, 2.45) is 0 Å². The highest BCUT2D eigenvalue weighted by atomic mass is 16.5. The van der Waals surface area contributed by atoms with Crippen molar-refractivity contribution in [3.8, 4) is 11.5 Å². The molecule has 1 aromatic carbocycles. The van der Waals surface area contributed by atoms with Crippen LogP contribution in [0.25, 0.3) is 0 Å². The molecule has 4 nitrogen and oxygen atoms in total. The van der Waals surface area contributed by atoms with Gasteiger partial charge in [0.05, 0.1) is 14.2 Å². The molecule has 122 valence electrons. The molecule has 0 N–H and O–H groups in total. The van der Waals surface area contributed by atoms with Gasteiger partial charge in [0, 0.05) is 31.0 Å². The summed E-state index contributed by atoms with van der Waals surface area (Å²) in [6.45, 7) is 2.01. The van der Waals surface area contributed by atoms with E-state index in [1.807, 2.05) is 24.5 Å². The summed E-state index contributed by atoms with van der Waals surface area (Å²) < 4.78 is 10.8. The van der Waals surface area contributed by atoms with E-state index < -0.39 is 0 Å². The van der Waals surface area contributed by atoms with Crippen molar-refractivity contribution >= 4 is 0 Å². The molecule has 0 saturated carbocycles. The van der Waals surface area contributed by atoms with Gasteiger partial charge in [0.25, 0.3) is 0 Å². The third kappa shape index (κ3) is 3.82. The Hall–Kier alpha value is -2.07. The van der Waals surface area contributed by atoms with Crippen molar-refractivity contribution in [2.75, 3.05) is 20.8 Å². The van der Waals surface area contributed by atoms with E-state index in [-0.39, 0.29) is 0 Å². The number of likely N-dealkylation sites (tertiary alicyclic amines) is 1. The molecular weight excluding hydrogens is 288 g/mol. The van der Waals surface area contributed by atoms with Crippen molar-refractivity contribution in [1.29, 1.82) is 0 Å². The summed E-state index contributed by atoms with van der Waals surface area (Å²) in [5, 5.41) is 0. The van der Waals surface area contributed by atoms with Crippen LogP contribution in [0, 0.1) is 0 Å². The fourth-order valence-corrected chi connectivity index (χ4v) is 3.32. The van der Waals surface area contributed by atoms with E-state index in [4.69, 9.17) is 9.47 Å². The quantitative estimate of drug-likeness (QED) is 0.840. The zero-order valence-corrected chi connectivity index (χ0v) is 13.9. The van der Waals surface area contributed by atoms with Crippen LogP contribution in [-0.2, 0) is 6.54 Å². The predicted molar refractivity (Wildman–Crippen MR) is 90.8 cm³/mol. The molecule has 0 aliphatic carbocycles. The van der Waals surface area contributed by atoms with Crippen LogP contribution in [0.4, 0.5) is 0 Å². The van der Waals surface area contributed by atoms with Crippen LogP contribution in [0.5, 0.6) is 11.5 Å². The Kier molecular flexibility index (Phi) is 5.13. The minimum Gasteiger partial charge on any atom is -0.497 e. The summed E-state index contributed by atoms with van der Waals surface area (Å²) in [6.07, 6.45) is 7.54. The van der Waals surface area contributed by atoms with Crippen LogP contribution >= 0.6 is 0 Å². The molecule has 1 aliphatic heterocycles. The largest absolute Gasteiger partial charge is 0.497 e. The highest BCUT2D eigenvalue weighted by Gasteiger charge is 2.24. The first-order valence-corrected chi connectivity index (χ1v) is 8.16. The van der Waals surface area contributed by atoms with Gasteiger partial charge < -0.3 is 9.47 Å². The first kappa shape index (κ1) is 15.8.